The molecule has 0 saturated carbocycles. The predicted molar refractivity (Wildman–Crippen MR) is 111 cm³/mol. The molecule has 1 atom stereocenters. The lowest BCUT2D eigenvalue weighted by Crippen LogP contribution is -2.30. The Hall–Kier alpha value is -3.38. The summed E-state index contributed by atoms with van der Waals surface area (Å²) in [6, 6.07) is 19.8. The number of ether oxygens (including phenoxy) is 1. The number of rotatable bonds is 6. The number of esters is 1. The molecule has 0 aliphatic rings. The molecule has 3 rings (SSSR count). The number of benzene rings is 3. The van der Waals surface area contributed by atoms with Crippen LogP contribution in [0.4, 0.5) is 21.5 Å². The first-order valence-electron chi connectivity index (χ1n) is 8.82. The van der Waals surface area contributed by atoms with Crippen molar-refractivity contribution in [1.29, 1.82) is 0 Å². The quantitative estimate of drug-likeness (QED) is 0.531. The highest BCUT2D eigenvalue weighted by Crippen LogP contribution is 2.24. The van der Waals surface area contributed by atoms with Crippen molar-refractivity contribution in [3.63, 3.8) is 0 Å². The summed E-state index contributed by atoms with van der Waals surface area (Å²) in [4.78, 5) is 25.0. The van der Waals surface area contributed by atoms with Crippen molar-refractivity contribution in [3.8, 4) is 0 Å². The Morgan fingerprint density at radius 2 is 1.66 bits per heavy atom. The van der Waals surface area contributed by atoms with Crippen molar-refractivity contribution >= 4 is 40.5 Å². The minimum Gasteiger partial charge on any atom is -0.449 e. The molecule has 0 aliphatic carbocycles. The van der Waals surface area contributed by atoms with Gasteiger partial charge in [-0.05, 0) is 49.4 Å². The highest BCUT2D eigenvalue weighted by molar-refractivity contribution is 6.33. The van der Waals surface area contributed by atoms with E-state index in [-0.39, 0.29) is 16.3 Å². The molecule has 0 aromatic heterocycles. The molecule has 5 nitrogen and oxygen atoms in total. The lowest BCUT2D eigenvalue weighted by molar-refractivity contribution is -0.123. The molecule has 2 N–H and O–H groups in total. The van der Waals surface area contributed by atoms with E-state index in [1.54, 1.807) is 24.3 Å². The molecule has 7 heteroatoms. The number of carbonyl (C=O) groups is 2. The molecule has 0 unspecified atom stereocenters. The van der Waals surface area contributed by atoms with Crippen LogP contribution < -0.4 is 10.6 Å². The predicted octanol–water partition coefficient (Wildman–Crippen LogP) is 5.41. The van der Waals surface area contributed by atoms with Gasteiger partial charge >= 0.3 is 5.97 Å². The average Bonchev–Trinajstić information content (AvgIpc) is 2.71. The van der Waals surface area contributed by atoms with E-state index in [1.165, 1.54) is 19.1 Å². The lowest BCUT2D eigenvalue weighted by Gasteiger charge is -2.16. The number of halogens is 2. The summed E-state index contributed by atoms with van der Waals surface area (Å²) in [5.74, 6) is -1.76. The van der Waals surface area contributed by atoms with Gasteiger partial charge in [0.15, 0.2) is 6.10 Å². The number of hydrogen-bond donors (Lipinski definition) is 2. The molecule has 0 heterocycles. The van der Waals surface area contributed by atoms with Crippen LogP contribution >= 0.6 is 11.6 Å². The van der Waals surface area contributed by atoms with E-state index in [0.717, 1.165) is 11.8 Å². The highest BCUT2D eigenvalue weighted by atomic mass is 35.5. The maximum atomic E-state index is 13.1. The molecule has 0 saturated heterocycles. The highest BCUT2D eigenvalue weighted by Gasteiger charge is 2.21. The van der Waals surface area contributed by atoms with Gasteiger partial charge < -0.3 is 15.4 Å². The van der Waals surface area contributed by atoms with Gasteiger partial charge in [0.05, 0.1) is 22.0 Å². The van der Waals surface area contributed by atoms with Crippen molar-refractivity contribution in [1.82, 2.24) is 0 Å². The Balaban J connectivity index is 1.69. The summed E-state index contributed by atoms with van der Waals surface area (Å²) < 4.78 is 18.4. The molecule has 3 aromatic rings. The second kappa shape index (κ2) is 9.21. The molecule has 0 spiro atoms. The largest absolute Gasteiger partial charge is 0.449 e. The fourth-order valence-electron chi connectivity index (χ4n) is 2.55. The standard InChI is InChI=1S/C22H18ClFN2O3/c1-14(21(27)26-20-12-11-15(24)13-18(20)23)29-22(28)17-9-5-6-10-19(17)25-16-7-3-2-4-8-16/h2-14,25H,1H3,(H,26,27)/t14-/m1/s1. The third-order valence-electron chi connectivity index (χ3n) is 4.04. The lowest BCUT2D eigenvalue weighted by atomic mass is 10.1. The fourth-order valence-corrected chi connectivity index (χ4v) is 2.76. The fraction of sp³-hybridized carbons (Fsp3) is 0.0909. The van der Waals surface area contributed by atoms with Gasteiger partial charge in [0.2, 0.25) is 0 Å². The maximum Gasteiger partial charge on any atom is 0.341 e. The molecule has 148 valence electrons. The molecule has 0 radical (unpaired) electrons. The molecule has 0 bridgehead atoms. The maximum absolute atomic E-state index is 13.1. The van der Waals surface area contributed by atoms with Crippen molar-refractivity contribution in [2.24, 2.45) is 0 Å². The van der Waals surface area contributed by atoms with E-state index in [9.17, 15) is 14.0 Å². The van der Waals surface area contributed by atoms with Gasteiger partial charge in [0.25, 0.3) is 5.91 Å². The SMILES string of the molecule is C[C@@H](OC(=O)c1ccccc1Nc1ccccc1)C(=O)Nc1ccc(F)cc1Cl. The number of para-hydroxylation sites is 2. The van der Waals surface area contributed by atoms with Crippen LogP contribution in [0.15, 0.2) is 72.8 Å². The molecule has 0 aliphatic heterocycles. The first kappa shape index (κ1) is 20.4. The van der Waals surface area contributed by atoms with Gasteiger partial charge in [-0.15, -0.1) is 0 Å². The zero-order chi connectivity index (χ0) is 20.8. The van der Waals surface area contributed by atoms with E-state index in [1.807, 2.05) is 30.3 Å². The first-order chi connectivity index (χ1) is 13.9. The van der Waals surface area contributed by atoms with Crippen LogP contribution in [0.1, 0.15) is 17.3 Å². The monoisotopic (exact) mass is 412 g/mol. The number of anilines is 3. The molecule has 3 aromatic carbocycles. The molecular formula is C22H18ClFN2O3. The van der Waals surface area contributed by atoms with E-state index >= 15 is 0 Å². The van der Waals surface area contributed by atoms with Crippen LogP contribution in [0.25, 0.3) is 0 Å². The van der Waals surface area contributed by atoms with Crippen molar-refractivity contribution in [2.75, 3.05) is 10.6 Å². The van der Waals surface area contributed by atoms with Crippen LogP contribution in [0, 0.1) is 5.82 Å². The first-order valence-corrected chi connectivity index (χ1v) is 9.20. The second-order valence-corrected chi connectivity index (χ2v) is 6.60. The zero-order valence-corrected chi connectivity index (χ0v) is 16.2. The van der Waals surface area contributed by atoms with E-state index < -0.39 is 23.8 Å². The van der Waals surface area contributed by atoms with Gasteiger partial charge in [-0.2, -0.15) is 0 Å². The molecule has 29 heavy (non-hydrogen) atoms. The third kappa shape index (κ3) is 5.33. The Morgan fingerprint density at radius 1 is 0.966 bits per heavy atom. The number of nitrogens with one attached hydrogen (secondary N) is 2. The van der Waals surface area contributed by atoms with Crippen LogP contribution in [0.2, 0.25) is 5.02 Å². The van der Waals surface area contributed by atoms with E-state index in [2.05, 4.69) is 10.6 Å². The summed E-state index contributed by atoms with van der Waals surface area (Å²) in [5.41, 5.74) is 1.88. The van der Waals surface area contributed by atoms with Crippen molar-refractivity contribution < 1.29 is 18.7 Å². The third-order valence-corrected chi connectivity index (χ3v) is 4.35. The van der Waals surface area contributed by atoms with Crippen LogP contribution in [-0.2, 0) is 9.53 Å². The van der Waals surface area contributed by atoms with E-state index in [4.69, 9.17) is 16.3 Å². The number of amides is 1. The Kier molecular flexibility index (Phi) is 6.46. The van der Waals surface area contributed by atoms with Gasteiger partial charge in [-0.3, -0.25) is 4.79 Å². The van der Waals surface area contributed by atoms with Crippen LogP contribution in [0.3, 0.4) is 0 Å². The summed E-state index contributed by atoms with van der Waals surface area (Å²) in [5, 5.41) is 5.72. The Bertz CT molecular complexity index is 1030. The summed E-state index contributed by atoms with van der Waals surface area (Å²) in [6.45, 7) is 1.44. The summed E-state index contributed by atoms with van der Waals surface area (Å²) >= 11 is 5.91. The van der Waals surface area contributed by atoms with Gasteiger partial charge in [-0.25, -0.2) is 9.18 Å². The normalized spacial score (nSPS) is 11.4. The molecule has 0 fully saturated rings. The Labute approximate surface area is 172 Å². The average molecular weight is 413 g/mol. The van der Waals surface area contributed by atoms with E-state index in [0.29, 0.717) is 5.69 Å². The Morgan fingerprint density at radius 3 is 2.38 bits per heavy atom. The van der Waals surface area contributed by atoms with Crippen LogP contribution in [-0.4, -0.2) is 18.0 Å². The number of carbonyl (C=O) groups excluding carboxylic acids is 2. The van der Waals surface area contributed by atoms with Crippen LogP contribution in [0.5, 0.6) is 0 Å². The van der Waals surface area contributed by atoms with Crippen molar-refractivity contribution in [2.45, 2.75) is 13.0 Å². The van der Waals surface area contributed by atoms with Crippen molar-refractivity contribution in [3.05, 3.63) is 89.2 Å². The smallest absolute Gasteiger partial charge is 0.341 e. The minimum atomic E-state index is -1.09. The second-order valence-electron chi connectivity index (χ2n) is 6.20. The summed E-state index contributed by atoms with van der Waals surface area (Å²) in [7, 11) is 0. The summed E-state index contributed by atoms with van der Waals surface area (Å²) in [6.07, 6.45) is -1.09. The minimum absolute atomic E-state index is 0.0503. The molecular weight excluding hydrogens is 395 g/mol. The molecule has 1 amide bonds. The number of hydrogen-bond acceptors (Lipinski definition) is 4. The van der Waals surface area contributed by atoms with Gasteiger partial charge in [-0.1, -0.05) is 41.9 Å². The zero-order valence-electron chi connectivity index (χ0n) is 15.5. The topological polar surface area (TPSA) is 67.4 Å². The van der Waals surface area contributed by atoms with Gasteiger partial charge in [0.1, 0.15) is 5.82 Å². The van der Waals surface area contributed by atoms with Gasteiger partial charge in [0, 0.05) is 5.69 Å².